The molecule has 2 aromatic rings. The Bertz CT molecular complexity index is 804. The molecule has 0 saturated carbocycles. The standard InChI is InChI=1S/C18H21N3O2S/c1-10(2)23-15-8-6-5-7-13(15)21-9-14(22)16(17(21)19)18-20-11(3)12(4)24-18/h5-8,10,19,22H,9H2,1-4H3. The molecule has 6 heteroatoms. The molecule has 24 heavy (non-hydrogen) atoms. The third kappa shape index (κ3) is 2.89. The Labute approximate surface area is 145 Å². The van der Waals surface area contributed by atoms with Gasteiger partial charge >= 0.3 is 0 Å². The van der Waals surface area contributed by atoms with Crippen molar-refractivity contribution in [3.63, 3.8) is 0 Å². The molecular weight excluding hydrogens is 322 g/mol. The van der Waals surface area contributed by atoms with Crippen LogP contribution in [-0.4, -0.2) is 28.6 Å². The highest BCUT2D eigenvalue weighted by Crippen LogP contribution is 2.37. The van der Waals surface area contributed by atoms with Crippen molar-refractivity contribution in [3.8, 4) is 5.75 Å². The number of aliphatic hydroxyl groups excluding tert-OH is 1. The molecule has 0 atom stereocenters. The smallest absolute Gasteiger partial charge is 0.143 e. The SMILES string of the molecule is Cc1nc(C2=C(O)CN(c3ccccc3OC(C)C)C2=N)sc1C. The van der Waals surface area contributed by atoms with Crippen molar-refractivity contribution in [2.24, 2.45) is 0 Å². The van der Waals surface area contributed by atoms with Gasteiger partial charge in [-0.25, -0.2) is 4.98 Å². The second-order valence-corrected chi connectivity index (χ2v) is 7.25. The summed E-state index contributed by atoms with van der Waals surface area (Å²) in [6, 6.07) is 7.60. The van der Waals surface area contributed by atoms with Crippen LogP contribution in [0.25, 0.3) is 5.57 Å². The van der Waals surface area contributed by atoms with E-state index in [9.17, 15) is 5.11 Å². The normalized spacial score (nSPS) is 14.9. The van der Waals surface area contributed by atoms with Crippen molar-refractivity contribution in [1.29, 1.82) is 5.41 Å². The number of nitrogens with zero attached hydrogens (tertiary/aromatic N) is 2. The largest absolute Gasteiger partial charge is 0.510 e. The number of aliphatic hydroxyl groups is 1. The van der Waals surface area contributed by atoms with Gasteiger partial charge in [0.1, 0.15) is 22.4 Å². The summed E-state index contributed by atoms with van der Waals surface area (Å²) < 4.78 is 5.85. The molecule has 0 radical (unpaired) electrons. The van der Waals surface area contributed by atoms with Crippen molar-refractivity contribution in [3.05, 3.63) is 45.6 Å². The Balaban J connectivity index is 1.96. The number of aromatic nitrogens is 1. The molecule has 1 aromatic heterocycles. The minimum atomic E-state index is 0.0354. The molecule has 0 saturated heterocycles. The fourth-order valence-corrected chi connectivity index (χ4v) is 3.61. The lowest BCUT2D eigenvalue weighted by molar-refractivity contribution is 0.243. The van der Waals surface area contributed by atoms with Crippen LogP contribution in [0.15, 0.2) is 30.0 Å². The van der Waals surface area contributed by atoms with E-state index in [0.29, 0.717) is 16.3 Å². The average Bonchev–Trinajstić information content (AvgIpc) is 2.98. The second kappa shape index (κ2) is 6.28. The van der Waals surface area contributed by atoms with Gasteiger partial charge in [0.05, 0.1) is 29.6 Å². The van der Waals surface area contributed by atoms with Crippen LogP contribution in [0.3, 0.4) is 0 Å². The number of para-hydroxylation sites is 2. The zero-order chi connectivity index (χ0) is 17.4. The molecule has 126 valence electrons. The van der Waals surface area contributed by atoms with Gasteiger partial charge in [0.2, 0.25) is 0 Å². The number of ether oxygens (including phenoxy) is 1. The number of hydrogen-bond acceptors (Lipinski definition) is 5. The number of nitrogens with one attached hydrogen (secondary N) is 1. The number of anilines is 1. The summed E-state index contributed by atoms with van der Waals surface area (Å²) in [5.74, 6) is 1.13. The number of amidine groups is 1. The predicted molar refractivity (Wildman–Crippen MR) is 98.4 cm³/mol. The molecule has 0 spiro atoms. The molecule has 0 fully saturated rings. The zero-order valence-corrected chi connectivity index (χ0v) is 15.1. The summed E-state index contributed by atoms with van der Waals surface area (Å²) in [6.07, 6.45) is 0.0354. The first-order valence-electron chi connectivity index (χ1n) is 7.87. The number of aryl methyl sites for hydroxylation is 2. The van der Waals surface area contributed by atoms with Gasteiger partial charge in [-0.15, -0.1) is 11.3 Å². The molecule has 1 aliphatic heterocycles. The van der Waals surface area contributed by atoms with E-state index >= 15 is 0 Å². The summed E-state index contributed by atoms with van der Waals surface area (Å²) >= 11 is 1.50. The van der Waals surface area contributed by atoms with Crippen molar-refractivity contribution in [1.82, 2.24) is 4.98 Å². The summed E-state index contributed by atoms with van der Waals surface area (Å²) in [6.45, 7) is 8.12. The molecule has 2 N–H and O–H groups in total. The maximum absolute atomic E-state index is 10.4. The molecule has 1 aromatic carbocycles. The van der Waals surface area contributed by atoms with E-state index in [1.807, 2.05) is 52.0 Å². The first-order valence-corrected chi connectivity index (χ1v) is 8.68. The van der Waals surface area contributed by atoms with Gasteiger partial charge in [0.25, 0.3) is 0 Å². The Morgan fingerprint density at radius 1 is 1.29 bits per heavy atom. The van der Waals surface area contributed by atoms with Gasteiger partial charge in [-0.3, -0.25) is 5.41 Å². The highest BCUT2D eigenvalue weighted by atomic mass is 32.1. The topological polar surface area (TPSA) is 69.4 Å². The Kier molecular flexibility index (Phi) is 4.32. The van der Waals surface area contributed by atoms with Crippen LogP contribution in [0.5, 0.6) is 5.75 Å². The van der Waals surface area contributed by atoms with Crippen LogP contribution in [0.1, 0.15) is 29.4 Å². The highest BCUT2D eigenvalue weighted by molar-refractivity contribution is 7.13. The lowest BCUT2D eigenvalue weighted by Gasteiger charge is -2.23. The summed E-state index contributed by atoms with van der Waals surface area (Å²) in [4.78, 5) is 7.35. The fourth-order valence-electron chi connectivity index (χ4n) is 2.62. The van der Waals surface area contributed by atoms with Crippen LogP contribution in [0.2, 0.25) is 0 Å². The van der Waals surface area contributed by atoms with E-state index in [1.165, 1.54) is 11.3 Å². The van der Waals surface area contributed by atoms with Crippen LogP contribution < -0.4 is 9.64 Å². The number of hydrogen-bond donors (Lipinski definition) is 2. The summed E-state index contributed by atoms with van der Waals surface area (Å²) in [5, 5.41) is 19.7. The second-order valence-electron chi connectivity index (χ2n) is 6.05. The van der Waals surface area contributed by atoms with E-state index < -0.39 is 0 Å². The molecule has 0 bridgehead atoms. The lowest BCUT2D eigenvalue weighted by atomic mass is 10.2. The van der Waals surface area contributed by atoms with Crippen LogP contribution in [0.4, 0.5) is 5.69 Å². The van der Waals surface area contributed by atoms with Crippen molar-refractivity contribution in [2.75, 3.05) is 11.4 Å². The number of rotatable bonds is 4. The van der Waals surface area contributed by atoms with Crippen LogP contribution >= 0.6 is 11.3 Å². The minimum Gasteiger partial charge on any atom is -0.510 e. The molecule has 0 unspecified atom stereocenters. The molecular formula is C18H21N3O2S. The summed E-state index contributed by atoms with van der Waals surface area (Å²) in [7, 11) is 0. The van der Waals surface area contributed by atoms with Gasteiger partial charge < -0.3 is 14.7 Å². The van der Waals surface area contributed by atoms with Gasteiger partial charge in [0, 0.05) is 4.88 Å². The van der Waals surface area contributed by atoms with Gasteiger partial charge in [-0.1, -0.05) is 12.1 Å². The van der Waals surface area contributed by atoms with Gasteiger partial charge in [-0.05, 0) is 39.8 Å². The first-order chi connectivity index (χ1) is 11.4. The molecule has 5 nitrogen and oxygen atoms in total. The third-order valence-electron chi connectivity index (χ3n) is 3.86. The van der Waals surface area contributed by atoms with E-state index in [0.717, 1.165) is 16.3 Å². The van der Waals surface area contributed by atoms with E-state index in [-0.39, 0.29) is 24.2 Å². The Hall–Kier alpha value is -2.34. The average molecular weight is 343 g/mol. The maximum atomic E-state index is 10.4. The van der Waals surface area contributed by atoms with E-state index in [1.54, 1.807) is 4.90 Å². The molecule has 0 aliphatic carbocycles. The monoisotopic (exact) mass is 343 g/mol. The zero-order valence-electron chi connectivity index (χ0n) is 14.3. The van der Waals surface area contributed by atoms with Crippen molar-refractivity contribution >= 4 is 28.4 Å². The Morgan fingerprint density at radius 2 is 2.00 bits per heavy atom. The lowest BCUT2D eigenvalue weighted by Crippen LogP contribution is -2.27. The Morgan fingerprint density at radius 3 is 2.62 bits per heavy atom. The van der Waals surface area contributed by atoms with Crippen LogP contribution in [-0.2, 0) is 0 Å². The van der Waals surface area contributed by atoms with E-state index in [2.05, 4.69) is 4.98 Å². The van der Waals surface area contributed by atoms with Crippen molar-refractivity contribution < 1.29 is 9.84 Å². The molecule has 2 heterocycles. The molecule has 1 aliphatic rings. The fraction of sp³-hybridized carbons (Fsp3) is 0.333. The molecule has 3 rings (SSSR count). The van der Waals surface area contributed by atoms with Crippen molar-refractivity contribution in [2.45, 2.75) is 33.8 Å². The minimum absolute atomic E-state index is 0.0354. The predicted octanol–water partition coefficient (Wildman–Crippen LogP) is 4.31. The quantitative estimate of drug-likeness (QED) is 0.868. The maximum Gasteiger partial charge on any atom is 0.143 e. The third-order valence-corrected chi connectivity index (χ3v) is 4.95. The molecule has 0 amide bonds. The first kappa shape index (κ1) is 16.5. The highest BCUT2D eigenvalue weighted by Gasteiger charge is 2.32. The number of benzene rings is 1. The summed E-state index contributed by atoms with van der Waals surface area (Å²) in [5.41, 5.74) is 2.23. The number of thiazole rings is 1. The van der Waals surface area contributed by atoms with E-state index in [4.69, 9.17) is 10.1 Å². The van der Waals surface area contributed by atoms with Gasteiger partial charge in [-0.2, -0.15) is 0 Å². The van der Waals surface area contributed by atoms with Crippen LogP contribution in [0, 0.1) is 19.3 Å². The van der Waals surface area contributed by atoms with Gasteiger partial charge in [0.15, 0.2) is 0 Å².